The summed E-state index contributed by atoms with van der Waals surface area (Å²) in [5.74, 6) is 0. The van der Waals surface area contributed by atoms with Gasteiger partial charge in [0, 0.05) is 6.54 Å². The first-order valence-corrected chi connectivity index (χ1v) is 3.30. The Hall–Kier alpha value is -0.460. The average Bonchev–Trinajstić information content (AvgIpc) is 1.81. The number of allylic oxidation sites excluding steroid dienone is 1. The van der Waals surface area contributed by atoms with Gasteiger partial charge in [0.2, 0.25) is 0 Å². The fourth-order valence-corrected chi connectivity index (χ4v) is 0.429. The third-order valence-electron chi connectivity index (χ3n) is 0.866. The Morgan fingerprint density at radius 2 is 2.12 bits per heavy atom. The van der Waals surface area contributed by atoms with Crippen molar-refractivity contribution >= 4 is 0 Å². The Balaban J connectivity index is 2.80. The van der Waals surface area contributed by atoms with Gasteiger partial charge in [-0.05, 0) is 19.0 Å². The van der Waals surface area contributed by atoms with E-state index in [0.717, 1.165) is 13.0 Å². The smallest absolute Gasteiger partial charge is 0.0138 e. The minimum atomic E-state index is 1.09. The highest BCUT2D eigenvalue weighted by atomic mass is 14.8. The molecule has 0 atom stereocenters. The van der Waals surface area contributed by atoms with E-state index in [1.165, 1.54) is 6.42 Å². The molecule has 0 aromatic carbocycles. The second-order valence-corrected chi connectivity index (χ2v) is 1.76. The van der Waals surface area contributed by atoms with Crippen molar-refractivity contribution in [1.82, 2.24) is 5.32 Å². The normalized spacial score (nSPS) is 10.2. The van der Waals surface area contributed by atoms with Gasteiger partial charge in [-0.3, -0.25) is 0 Å². The lowest BCUT2D eigenvalue weighted by Crippen LogP contribution is -2.04. The van der Waals surface area contributed by atoms with E-state index >= 15 is 0 Å². The third-order valence-corrected chi connectivity index (χ3v) is 0.866. The molecule has 0 fully saturated rings. The molecular formula is C7H15N. The van der Waals surface area contributed by atoms with Crippen LogP contribution >= 0.6 is 0 Å². The summed E-state index contributed by atoms with van der Waals surface area (Å²) in [6.07, 6.45) is 6.46. The summed E-state index contributed by atoms with van der Waals surface area (Å²) in [6.45, 7) is 5.38. The Morgan fingerprint density at radius 1 is 1.38 bits per heavy atom. The summed E-state index contributed by atoms with van der Waals surface area (Å²) in [5, 5.41) is 3.16. The molecule has 0 saturated carbocycles. The Labute approximate surface area is 51.8 Å². The maximum Gasteiger partial charge on any atom is 0.0138 e. The summed E-state index contributed by atoms with van der Waals surface area (Å²) in [7, 11) is 0. The van der Waals surface area contributed by atoms with Crippen molar-refractivity contribution < 1.29 is 0 Å². The van der Waals surface area contributed by atoms with Crippen LogP contribution in [0.1, 0.15) is 26.7 Å². The molecule has 0 radical (unpaired) electrons. The maximum absolute atomic E-state index is 3.16. The first-order valence-electron chi connectivity index (χ1n) is 3.30. The molecule has 8 heavy (non-hydrogen) atoms. The van der Waals surface area contributed by atoms with Crippen LogP contribution in [-0.2, 0) is 0 Å². The summed E-state index contributed by atoms with van der Waals surface area (Å²) >= 11 is 0. The van der Waals surface area contributed by atoms with Crippen molar-refractivity contribution in [2.45, 2.75) is 26.7 Å². The van der Waals surface area contributed by atoms with Crippen molar-refractivity contribution in [3.05, 3.63) is 12.3 Å². The zero-order valence-electron chi connectivity index (χ0n) is 5.78. The van der Waals surface area contributed by atoms with Crippen LogP contribution in [0.2, 0.25) is 0 Å². The summed E-state index contributed by atoms with van der Waals surface area (Å²) in [4.78, 5) is 0. The lowest BCUT2D eigenvalue weighted by molar-refractivity contribution is 0.806. The third kappa shape index (κ3) is 5.54. The van der Waals surface area contributed by atoms with Gasteiger partial charge in [0.1, 0.15) is 0 Å². The quantitative estimate of drug-likeness (QED) is 0.549. The summed E-state index contributed by atoms with van der Waals surface area (Å²) < 4.78 is 0. The topological polar surface area (TPSA) is 12.0 Å². The first-order chi connectivity index (χ1) is 3.91. The van der Waals surface area contributed by atoms with E-state index in [-0.39, 0.29) is 0 Å². The second kappa shape index (κ2) is 6.54. The molecule has 0 unspecified atom stereocenters. The van der Waals surface area contributed by atoms with Crippen molar-refractivity contribution in [3.8, 4) is 0 Å². The van der Waals surface area contributed by atoms with E-state index in [1.807, 2.05) is 6.20 Å². The van der Waals surface area contributed by atoms with Gasteiger partial charge in [-0.1, -0.05) is 19.9 Å². The number of hydrogen-bond acceptors (Lipinski definition) is 1. The monoisotopic (exact) mass is 113 g/mol. The van der Waals surface area contributed by atoms with Crippen LogP contribution in [0, 0.1) is 0 Å². The molecule has 1 N–H and O–H groups in total. The summed E-state index contributed by atoms with van der Waals surface area (Å²) in [5.41, 5.74) is 0. The van der Waals surface area contributed by atoms with Crippen molar-refractivity contribution in [2.75, 3.05) is 6.54 Å². The molecule has 48 valence electrons. The number of hydrogen-bond donors (Lipinski definition) is 1. The van der Waals surface area contributed by atoms with Crippen LogP contribution in [-0.4, -0.2) is 6.54 Å². The van der Waals surface area contributed by atoms with Crippen LogP contribution in [0.25, 0.3) is 0 Å². The van der Waals surface area contributed by atoms with Gasteiger partial charge in [0.25, 0.3) is 0 Å². The van der Waals surface area contributed by atoms with Gasteiger partial charge in [0.15, 0.2) is 0 Å². The van der Waals surface area contributed by atoms with Crippen LogP contribution < -0.4 is 5.32 Å². The first kappa shape index (κ1) is 7.54. The lowest BCUT2D eigenvalue weighted by Gasteiger charge is -1.92. The Bertz CT molecular complexity index is 57.4. The second-order valence-electron chi connectivity index (χ2n) is 1.76. The molecule has 0 bridgehead atoms. The lowest BCUT2D eigenvalue weighted by atomic mass is 10.4. The molecular weight excluding hydrogens is 98.1 g/mol. The maximum atomic E-state index is 3.16. The van der Waals surface area contributed by atoms with Gasteiger partial charge in [-0.25, -0.2) is 0 Å². The fraction of sp³-hybridized carbons (Fsp3) is 0.714. The Morgan fingerprint density at radius 3 is 2.62 bits per heavy atom. The minimum Gasteiger partial charge on any atom is -0.391 e. The molecule has 0 heterocycles. The molecule has 0 aliphatic heterocycles. The molecule has 1 heteroatoms. The molecule has 0 spiro atoms. The highest BCUT2D eigenvalue weighted by Gasteiger charge is 1.70. The SMILES string of the molecule is CCC=CNCCC. The predicted molar refractivity (Wildman–Crippen MR) is 37.7 cm³/mol. The molecule has 0 amide bonds. The van der Waals surface area contributed by atoms with Crippen molar-refractivity contribution in [1.29, 1.82) is 0 Å². The van der Waals surface area contributed by atoms with Crippen LogP contribution in [0.5, 0.6) is 0 Å². The molecule has 0 aromatic rings. The molecule has 0 aromatic heterocycles. The summed E-state index contributed by atoms with van der Waals surface area (Å²) in [6, 6.07) is 0. The van der Waals surface area contributed by atoms with E-state index < -0.39 is 0 Å². The molecule has 0 rings (SSSR count). The van der Waals surface area contributed by atoms with Crippen LogP contribution in [0.15, 0.2) is 12.3 Å². The molecule has 0 aliphatic rings. The van der Waals surface area contributed by atoms with Gasteiger partial charge in [-0.2, -0.15) is 0 Å². The number of nitrogens with one attached hydrogen (secondary N) is 1. The van der Waals surface area contributed by atoms with Crippen molar-refractivity contribution in [2.24, 2.45) is 0 Å². The fourth-order valence-electron chi connectivity index (χ4n) is 0.429. The largest absolute Gasteiger partial charge is 0.391 e. The number of rotatable bonds is 4. The predicted octanol–water partition coefficient (Wildman–Crippen LogP) is 1.91. The zero-order valence-corrected chi connectivity index (χ0v) is 5.78. The minimum absolute atomic E-state index is 1.09. The highest BCUT2D eigenvalue weighted by Crippen LogP contribution is 1.75. The molecule has 0 saturated heterocycles. The van der Waals surface area contributed by atoms with Crippen LogP contribution in [0.4, 0.5) is 0 Å². The standard InChI is InChI=1S/C7H15N/c1-3-5-7-8-6-4-2/h5,7-8H,3-4,6H2,1-2H3. The zero-order chi connectivity index (χ0) is 6.24. The molecule has 1 nitrogen and oxygen atoms in total. The average molecular weight is 113 g/mol. The van der Waals surface area contributed by atoms with Gasteiger partial charge < -0.3 is 5.32 Å². The van der Waals surface area contributed by atoms with E-state index in [0.29, 0.717) is 0 Å². The van der Waals surface area contributed by atoms with Gasteiger partial charge in [0.05, 0.1) is 0 Å². The van der Waals surface area contributed by atoms with E-state index in [2.05, 4.69) is 25.2 Å². The van der Waals surface area contributed by atoms with E-state index in [9.17, 15) is 0 Å². The van der Waals surface area contributed by atoms with Gasteiger partial charge in [-0.15, -0.1) is 0 Å². The molecule has 0 aliphatic carbocycles. The highest BCUT2D eigenvalue weighted by molar-refractivity contribution is 4.76. The Kier molecular flexibility index (Phi) is 6.16. The van der Waals surface area contributed by atoms with Gasteiger partial charge >= 0.3 is 0 Å². The van der Waals surface area contributed by atoms with E-state index in [4.69, 9.17) is 0 Å². The van der Waals surface area contributed by atoms with Crippen LogP contribution in [0.3, 0.4) is 0 Å². The van der Waals surface area contributed by atoms with E-state index in [1.54, 1.807) is 0 Å². The van der Waals surface area contributed by atoms with Crippen molar-refractivity contribution in [3.63, 3.8) is 0 Å².